The van der Waals surface area contributed by atoms with Crippen molar-refractivity contribution in [2.75, 3.05) is 29.6 Å². The summed E-state index contributed by atoms with van der Waals surface area (Å²) in [4.78, 5) is 25.5. The Labute approximate surface area is 140 Å². The van der Waals surface area contributed by atoms with Crippen LogP contribution in [0, 0.1) is 0 Å². The molecular weight excluding hydrogens is 314 g/mol. The highest BCUT2D eigenvalue weighted by molar-refractivity contribution is 6.31. The molecule has 23 heavy (non-hydrogen) atoms. The van der Waals surface area contributed by atoms with Gasteiger partial charge in [-0.05, 0) is 36.4 Å². The minimum absolute atomic E-state index is 0.188. The van der Waals surface area contributed by atoms with E-state index in [2.05, 4.69) is 10.6 Å². The molecule has 2 rings (SSSR count). The first kappa shape index (κ1) is 16.8. The first-order chi connectivity index (χ1) is 10.9. The highest BCUT2D eigenvalue weighted by atomic mass is 35.5. The van der Waals surface area contributed by atoms with Crippen LogP contribution in [0.2, 0.25) is 5.02 Å². The topological polar surface area (TPSA) is 61.4 Å². The lowest BCUT2D eigenvalue weighted by atomic mass is 10.1. The normalized spacial score (nSPS) is 10.1. The van der Waals surface area contributed by atoms with Gasteiger partial charge in [0.2, 0.25) is 5.91 Å². The van der Waals surface area contributed by atoms with Crippen molar-refractivity contribution in [3.05, 3.63) is 53.1 Å². The predicted molar refractivity (Wildman–Crippen MR) is 94.5 cm³/mol. The van der Waals surface area contributed by atoms with E-state index in [0.29, 0.717) is 22.0 Å². The van der Waals surface area contributed by atoms with E-state index in [0.717, 1.165) is 5.69 Å². The summed E-state index contributed by atoms with van der Waals surface area (Å²) in [6.07, 6.45) is 0. The molecule has 0 spiro atoms. The highest BCUT2D eigenvalue weighted by Gasteiger charge is 2.12. The molecule has 0 atom stereocenters. The Hall–Kier alpha value is -2.53. The van der Waals surface area contributed by atoms with Crippen LogP contribution >= 0.6 is 11.6 Å². The second-order valence-electron chi connectivity index (χ2n) is 5.27. The molecule has 0 saturated carbocycles. The first-order valence-corrected chi connectivity index (χ1v) is 7.40. The molecule has 0 saturated heterocycles. The highest BCUT2D eigenvalue weighted by Crippen LogP contribution is 2.28. The van der Waals surface area contributed by atoms with Crippen molar-refractivity contribution in [1.29, 1.82) is 0 Å². The van der Waals surface area contributed by atoms with Crippen molar-refractivity contribution in [3.8, 4) is 0 Å². The van der Waals surface area contributed by atoms with Crippen molar-refractivity contribution in [3.63, 3.8) is 0 Å². The zero-order valence-corrected chi connectivity index (χ0v) is 13.9. The van der Waals surface area contributed by atoms with Crippen LogP contribution in [0.1, 0.15) is 17.3 Å². The summed E-state index contributed by atoms with van der Waals surface area (Å²) in [5.74, 6) is -0.463. The second-order valence-corrected chi connectivity index (χ2v) is 5.71. The molecule has 0 aliphatic rings. The molecule has 0 fully saturated rings. The second kappa shape index (κ2) is 7.15. The summed E-state index contributed by atoms with van der Waals surface area (Å²) >= 11 is 6.02. The van der Waals surface area contributed by atoms with E-state index in [4.69, 9.17) is 11.6 Å². The van der Waals surface area contributed by atoms with Crippen LogP contribution in [0.25, 0.3) is 0 Å². The van der Waals surface area contributed by atoms with Gasteiger partial charge in [0.05, 0.1) is 11.4 Å². The van der Waals surface area contributed by atoms with Crippen LogP contribution in [-0.2, 0) is 4.79 Å². The van der Waals surface area contributed by atoms with E-state index < -0.39 is 0 Å². The number of nitrogens with one attached hydrogen (secondary N) is 2. The van der Waals surface area contributed by atoms with Crippen molar-refractivity contribution in [2.24, 2.45) is 0 Å². The fourth-order valence-corrected chi connectivity index (χ4v) is 2.31. The minimum atomic E-state index is -0.275. The van der Waals surface area contributed by atoms with Crippen LogP contribution in [-0.4, -0.2) is 25.9 Å². The molecule has 0 bridgehead atoms. The lowest BCUT2D eigenvalue weighted by Crippen LogP contribution is -2.17. The van der Waals surface area contributed by atoms with Gasteiger partial charge in [-0.3, -0.25) is 9.59 Å². The van der Waals surface area contributed by atoms with Gasteiger partial charge < -0.3 is 15.5 Å². The van der Waals surface area contributed by atoms with Crippen molar-refractivity contribution >= 4 is 40.5 Å². The minimum Gasteiger partial charge on any atom is -0.376 e. The number of hydrogen-bond donors (Lipinski definition) is 2. The Balaban J connectivity index is 2.26. The van der Waals surface area contributed by atoms with Gasteiger partial charge in [-0.15, -0.1) is 0 Å². The summed E-state index contributed by atoms with van der Waals surface area (Å²) in [7, 11) is 3.77. The summed E-state index contributed by atoms with van der Waals surface area (Å²) in [6.45, 7) is 1.42. The third-order valence-electron chi connectivity index (χ3n) is 3.13. The van der Waals surface area contributed by atoms with Crippen LogP contribution in [0.15, 0.2) is 42.5 Å². The van der Waals surface area contributed by atoms with Crippen molar-refractivity contribution in [2.45, 2.75) is 6.92 Å². The molecule has 0 unspecified atom stereocenters. The monoisotopic (exact) mass is 331 g/mol. The fourth-order valence-electron chi connectivity index (χ4n) is 2.13. The SMILES string of the molecule is CC(=O)Nc1cccc(C(=O)Nc2cc(Cl)ccc2N(C)C)c1. The molecule has 5 nitrogen and oxygen atoms in total. The summed E-state index contributed by atoms with van der Waals surface area (Å²) in [5, 5.41) is 6.05. The van der Waals surface area contributed by atoms with E-state index in [1.807, 2.05) is 25.1 Å². The maximum atomic E-state index is 12.5. The zero-order valence-electron chi connectivity index (χ0n) is 13.2. The molecule has 2 aromatic rings. The Morgan fingerprint density at radius 3 is 2.43 bits per heavy atom. The molecule has 6 heteroatoms. The number of nitrogens with zero attached hydrogens (tertiary/aromatic N) is 1. The molecule has 0 aliphatic carbocycles. The molecule has 0 aromatic heterocycles. The lowest BCUT2D eigenvalue weighted by molar-refractivity contribution is -0.114. The smallest absolute Gasteiger partial charge is 0.255 e. The largest absolute Gasteiger partial charge is 0.376 e. The quantitative estimate of drug-likeness (QED) is 0.899. The Morgan fingerprint density at radius 2 is 1.78 bits per heavy atom. The van der Waals surface area contributed by atoms with E-state index in [1.165, 1.54) is 6.92 Å². The zero-order chi connectivity index (χ0) is 17.0. The number of carbonyl (C=O) groups is 2. The lowest BCUT2D eigenvalue weighted by Gasteiger charge is -2.18. The van der Waals surface area contributed by atoms with Gasteiger partial charge in [0.25, 0.3) is 5.91 Å². The molecule has 0 heterocycles. The van der Waals surface area contributed by atoms with Gasteiger partial charge in [-0.25, -0.2) is 0 Å². The van der Waals surface area contributed by atoms with Crippen LogP contribution < -0.4 is 15.5 Å². The van der Waals surface area contributed by atoms with Gasteiger partial charge in [0, 0.05) is 37.3 Å². The van der Waals surface area contributed by atoms with E-state index in [1.54, 1.807) is 36.4 Å². The van der Waals surface area contributed by atoms with Gasteiger partial charge in [0.1, 0.15) is 0 Å². The maximum absolute atomic E-state index is 12.5. The molecule has 2 amide bonds. The predicted octanol–water partition coefficient (Wildman–Crippen LogP) is 3.62. The van der Waals surface area contributed by atoms with Crippen molar-refractivity contribution in [1.82, 2.24) is 0 Å². The summed E-state index contributed by atoms with van der Waals surface area (Å²) in [5.41, 5.74) is 2.49. The van der Waals surface area contributed by atoms with Crippen LogP contribution in [0.5, 0.6) is 0 Å². The number of amides is 2. The number of halogens is 1. The molecule has 0 radical (unpaired) electrons. The maximum Gasteiger partial charge on any atom is 0.255 e. The molecule has 120 valence electrons. The number of hydrogen-bond acceptors (Lipinski definition) is 3. The van der Waals surface area contributed by atoms with Crippen LogP contribution in [0.4, 0.5) is 17.1 Å². The average Bonchev–Trinajstić information content (AvgIpc) is 2.46. The third kappa shape index (κ3) is 4.47. The number of rotatable bonds is 4. The number of carbonyl (C=O) groups excluding carboxylic acids is 2. The van der Waals surface area contributed by atoms with E-state index >= 15 is 0 Å². The number of anilines is 3. The first-order valence-electron chi connectivity index (χ1n) is 7.02. The average molecular weight is 332 g/mol. The Bertz CT molecular complexity index is 744. The van der Waals surface area contributed by atoms with Gasteiger partial charge >= 0.3 is 0 Å². The standard InChI is InChI=1S/C17H18ClN3O2/c1-11(22)19-14-6-4-5-12(9-14)17(23)20-15-10-13(18)7-8-16(15)21(2)3/h4-10H,1-3H3,(H,19,22)(H,20,23). The van der Waals surface area contributed by atoms with E-state index in [-0.39, 0.29) is 11.8 Å². The molecule has 2 N–H and O–H groups in total. The fraction of sp³-hybridized carbons (Fsp3) is 0.176. The van der Waals surface area contributed by atoms with Gasteiger partial charge in [-0.2, -0.15) is 0 Å². The van der Waals surface area contributed by atoms with Crippen molar-refractivity contribution < 1.29 is 9.59 Å². The summed E-state index contributed by atoms with van der Waals surface area (Å²) < 4.78 is 0. The van der Waals surface area contributed by atoms with E-state index in [9.17, 15) is 9.59 Å². The summed E-state index contributed by atoms with van der Waals surface area (Å²) in [6, 6.07) is 12.0. The molecule has 0 aliphatic heterocycles. The Morgan fingerprint density at radius 1 is 1.04 bits per heavy atom. The van der Waals surface area contributed by atoms with Crippen LogP contribution in [0.3, 0.4) is 0 Å². The number of benzene rings is 2. The third-order valence-corrected chi connectivity index (χ3v) is 3.37. The van der Waals surface area contributed by atoms with Gasteiger partial charge in [-0.1, -0.05) is 17.7 Å². The Kier molecular flexibility index (Phi) is 5.24. The molecular formula is C17H18ClN3O2. The molecule has 2 aromatic carbocycles. The van der Waals surface area contributed by atoms with Gasteiger partial charge in [0.15, 0.2) is 0 Å².